The van der Waals surface area contributed by atoms with Gasteiger partial charge in [0.25, 0.3) is 5.69 Å². The lowest BCUT2D eigenvalue weighted by atomic mass is 10.1. The van der Waals surface area contributed by atoms with Crippen LogP contribution < -0.4 is 15.2 Å². The lowest BCUT2D eigenvalue weighted by molar-refractivity contribution is -0.385. The molecule has 0 unspecified atom stereocenters. The van der Waals surface area contributed by atoms with Crippen molar-refractivity contribution in [1.82, 2.24) is 0 Å². The highest BCUT2D eigenvalue weighted by Crippen LogP contribution is 2.34. The molecule has 0 saturated carbocycles. The molecule has 3 rings (SSSR count). The number of hydrogen-bond donors (Lipinski definition) is 1. The molecule has 0 heterocycles. The van der Waals surface area contributed by atoms with Crippen LogP contribution in [-0.2, 0) is 12.4 Å². The van der Waals surface area contributed by atoms with Gasteiger partial charge in [-0.1, -0.05) is 72.4 Å². The molecule has 0 radical (unpaired) electrons. The van der Waals surface area contributed by atoms with Crippen molar-refractivity contribution in [2.24, 2.45) is 15.9 Å². The lowest BCUT2D eigenvalue weighted by Crippen LogP contribution is -2.06. The minimum Gasteiger partial charge on any atom is -0.493 e. The van der Waals surface area contributed by atoms with Gasteiger partial charge >= 0.3 is 0 Å². The summed E-state index contributed by atoms with van der Waals surface area (Å²) in [6.07, 6.45) is 1.28. The van der Waals surface area contributed by atoms with E-state index in [0.717, 1.165) is 11.1 Å². The minimum atomic E-state index is -0.512. The topological polar surface area (TPSA) is 112 Å². The SMILES string of the molecule is COc1cc([N+](=O)[O-])c(C=NN=C(N)SCc2ccccc2)cc1OCc1ccccc1. The molecular weight excluding hydrogens is 428 g/mol. The van der Waals surface area contributed by atoms with E-state index in [2.05, 4.69) is 10.2 Å². The number of hydrogen-bond acceptors (Lipinski definition) is 7. The smallest absolute Gasteiger partial charge is 0.282 e. The van der Waals surface area contributed by atoms with E-state index in [9.17, 15) is 10.1 Å². The molecular formula is C23H22N4O4S. The maximum Gasteiger partial charge on any atom is 0.282 e. The number of ether oxygens (including phenoxy) is 2. The quantitative estimate of drug-likeness (QED) is 0.218. The molecule has 164 valence electrons. The zero-order valence-corrected chi connectivity index (χ0v) is 18.2. The molecule has 8 nitrogen and oxygen atoms in total. The summed E-state index contributed by atoms with van der Waals surface area (Å²) in [7, 11) is 1.43. The van der Waals surface area contributed by atoms with Gasteiger partial charge < -0.3 is 15.2 Å². The van der Waals surface area contributed by atoms with Crippen molar-refractivity contribution < 1.29 is 14.4 Å². The third-order valence-corrected chi connectivity index (χ3v) is 5.18. The fourth-order valence-electron chi connectivity index (χ4n) is 2.74. The second kappa shape index (κ2) is 11.5. The predicted octanol–water partition coefficient (Wildman–Crippen LogP) is 4.76. The highest BCUT2D eigenvalue weighted by molar-refractivity contribution is 8.13. The standard InChI is InChI=1S/C23H22N4O4S/c1-30-21-13-20(27(28)29)19(12-22(21)31-15-17-8-4-2-5-9-17)14-25-26-23(24)32-16-18-10-6-3-7-11-18/h2-14H,15-16H2,1H3,(H2,24,26). The van der Waals surface area contributed by atoms with Crippen LogP contribution in [0.15, 0.2) is 83.0 Å². The Kier molecular flexibility index (Phi) is 8.22. The van der Waals surface area contributed by atoms with Crippen LogP contribution in [-0.4, -0.2) is 23.4 Å². The summed E-state index contributed by atoms with van der Waals surface area (Å²) in [5.41, 5.74) is 8.00. The van der Waals surface area contributed by atoms with Gasteiger partial charge in [-0.2, -0.15) is 5.10 Å². The maximum absolute atomic E-state index is 11.5. The monoisotopic (exact) mass is 450 g/mol. The molecule has 2 N–H and O–H groups in total. The van der Waals surface area contributed by atoms with Crippen LogP contribution >= 0.6 is 11.8 Å². The van der Waals surface area contributed by atoms with Gasteiger partial charge in [-0.3, -0.25) is 10.1 Å². The summed E-state index contributed by atoms with van der Waals surface area (Å²) in [6.45, 7) is 0.285. The van der Waals surface area contributed by atoms with E-state index in [1.165, 1.54) is 37.2 Å². The number of rotatable bonds is 9. The Morgan fingerprint density at radius 1 is 1.06 bits per heavy atom. The molecule has 0 aliphatic rings. The first-order valence-electron chi connectivity index (χ1n) is 9.63. The number of nitro groups is 1. The minimum absolute atomic E-state index is 0.177. The van der Waals surface area contributed by atoms with E-state index in [1.807, 2.05) is 60.7 Å². The van der Waals surface area contributed by atoms with Crippen molar-refractivity contribution in [1.29, 1.82) is 0 Å². The number of nitro benzene ring substituents is 1. The van der Waals surface area contributed by atoms with Gasteiger partial charge in [0.15, 0.2) is 16.7 Å². The van der Waals surface area contributed by atoms with Crippen LogP contribution in [0.4, 0.5) is 5.69 Å². The van der Waals surface area contributed by atoms with Gasteiger partial charge in [-0.15, -0.1) is 5.10 Å². The average molecular weight is 451 g/mol. The van der Waals surface area contributed by atoms with E-state index >= 15 is 0 Å². The Balaban J connectivity index is 1.76. The van der Waals surface area contributed by atoms with Gasteiger partial charge in [-0.05, 0) is 17.2 Å². The third-order valence-electron chi connectivity index (χ3n) is 4.33. The van der Waals surface area contributed by atoms with Crippen molar-refractivity contribution in [3.8, 4) is 11.5 Å². The number of amidine groups is 1. The first-order chi connectivity index (χ1) is 15.6. The average Bonchev–Trinajstić information content (AvgIpc) is 2.82. The molecule has 32 heavy (non-hydrogen) atoms. The largest absolute Gasteiger partial charge is 0.493 e. The molecule has 3 aromatic rings. The van der Waals surface area contributed by atoms with Crippen molar-refractivity contribution in [2.75, 3.05) is 7.11 Å². The molecule has 3 aromatic carbocycles. The first-order valence-corrected chi connectivity index (χ1v) is 10.6. The van der Waals surface area contributed by atoms with Gasteiger partial charge in [0.1, 0.15) is 6.61 Å². The third kappa shape index (κ3) is 6.58. The predicted molar refractivity (Wildman–Crippen MR) is 127 cm³/mol. The van der Waals surface area contributed by atoms with Gasteiger partial charge in [0.2, 0.25) is 0 Å². The summed E-state index contributed by atoms with van der Waals surface area (Å²) in [4.78, 5) is 11.0. The fourth-order valence-corrected chi connectivity index (χ4v) is 3.35. The highest BCUT2D eigenvalue weighted by Gasteiger charge is 2.19. The Morgan fingerprint density at radius 2 is 1.72 bits per heavy atom. The summed E-state index contributed by atoms with van der Waals surface area (Å²) < 4.78 is 11.1. The molecule has 0 aliphatic carbocycles. The Morgan fingerprint density at radius 3 is 2.34 bits per heavy atom. The molecule has 9 heteroatoms. The van der Waals surface area contributed by atoms with Crippen LogP contribution in [0.3, 0.4) is 0 Å². The van der Waals surface area contributed by atoms with E-state index in [4.69, 9.17) is 15.2 Å². The summed E-state index contributed by atoms with van der Waals surface area (Å²) >= 11 is 1.33. The Hall–Kier alpha value is -3.85. The van der Waals surface area contributed by atoms with Crippen LogP contribution in [0.1, 0.15) is 16.7 Å². The molecule has 0 atom stereocenters. The molecule has 0 spiro atoms. The second-order valence-corrected chi connectivity index (χ2v) is 7.55. The Labute approximate surface area is 189 Å². The van der Waals surface area contributed by atoms with E-state index in [-0.39, 0.29) is 28.8 Å². The number of nitrogens with two attached hydrogens (primary N) is 1. The zero-order valence-electron chi connectivity index (χ0n) is 17.4. The zero-order chi connectivity index (χ0) is 22.8. The van der Waals surface area contributed by atoms with Crippen LogP contribution in [0, 0.1) is 10.1 Å². The van der Waals surface area contributed by atoms with Crippen molar-refractivity contribution >= 4 is 28.8 Å². The van der Waals surface area contributed by atoms with Crippen LogP contribution in [0.5, 0.6) is 11.5 Å². The molecule has 0 saturated heterocycles. The molecule has 0 bridgehead atoms. The lowest BCUT2D eigenvalue weighted by Gasteiger charge is -2.11. The van der Waals surface area contributed by atoms with Gasteiger partial charge in [0, 0.05) is 5.75 Å². The van der Waals surface area contributed by atoms with Gasteiger partial charge in [0.05, 0.1) is 29.9 Å². The van der Waals surface area contributed by atoms with E-state index in [0.29, 0.717) is 11.5 Å². The number of methoxy groups -OCH3 is 1. The van der Waals surface area contributed by atoms with Gasteiger partial charge in [-0.25, -0.2) is 0 Å². The molecule has 0 aromatic heterocycles. The Bertz CT molecular complexity index is 1110. The second-order valence-electron chi connectivity index (χ2n) is 6.55. The summed E-state index contributed by atoms with van der Waals surface area (Å²) in [6, 6.07) is 22.2. The van der Waals surface area contributed by atoms with Crippen molar-refractivity contribution in [2.45, 2.75) is 12.4 Å². The fraction of sp³-hybridized carbons (Fsp3) is 0.130. The number of nitrogens with zero attached hydrogens (tertiary/aromatic N) is 3. The summed E-state index contributed by atoms with van der Waals surface area (Å²) in [5, 5.41) is 19.6. The van der Waals surface area contributed by atoms with Crippen molar-refractivity contribution in [3.05, 3.63) is 99.6 Å². The van der Waals surface area contributed by atoms with Crippen molar-refractivity contribution in [3.63, 3.8) is 0 Å². The van der Waals surface area contributed by atoms with E-state index in [1.54, 1.807) is 0 Å². The highest BCUT2D eigenvalue weighted by atomic mass is 32.2. The normalized spacial score (nSPS) is 11.5. The number of thioether (sulfide) groups is 1. The molecule has 0 fully saturated rings. The summed E-state index contributed by atoms with van der Waals surface area (Å²) in [5.74, 6) is 1.26. The molecule has 0 aliphatic heterocycles. The van der Waals surface area contributed by atoms with Crippen LogP contribution in [0.2, 0.25) is 0 Å². The van der Waals surface area contributed by atoms with Crippen LogP contribution in [0.25, 0.3) is 0 Å². The van der Waals surface area contributed by atoms with E-state index < -0.39 is 4.92 Å². The molecule has 0 amide bonds. The first kappa shape index (κ1) is 22.8. The maximum atomic E-state index is 11.5. The number of benzene rings is 3.